The SMILES string of the molecule is COCCn1cc(CCNC(=O)Nc2ccccc2)c2cccnc21. The summed E-state index contributed by atoms with van der Waals surface area (Å²) in [5.41, 5.74) is 2.89. The number of urea groups is 1. The molecule has 0 radical (unpaired) electrons. The molecule has 0 aliphatic carbocycles. The molecule has 2 heterocycles. The molecule has 6 heteroatoms. The Morgan fingerprint density at radius 1 is 1.20 bits per heavy atom. The highest BCUT2D eigenvalue weighted by Crippen LogP contribution is 2.19. The lowest BCUT2D eigenvalue weighted by Gasteiger charge is -2.07. The van der Waals surface area contributed by atoms with Gasteiger partial charge in [0.15, 0.2) is 0 Å². The van der Waals surface area contributed by atoms with Crippen molar-refractivity contribution in [3.05, 3.63) is 60.4 Å². The topological polar surface area (TPSA) is 68.2 Å². The molecular weight excluding hydrogens is 316 g/mol. The van der Waals surface area contributed by atoms with Crippen molar-refractivity contribution in [3.8, 4) is 0 Å². The van der Waals surface area contributed by atoms with Crippen molar-refractivity contribution < 1.29 is 9.53 Å². The van der Waals surface area contributed by atoms with Crippen LogP contribution >= 0.6 is 0 Å². The number of pyridine rings is 1. The minimum atomic E-state index is -0.201. The highest BCUT2D eigenvalue weighted by atomic mass is 16.5. The molecule has 130 valence electrons. The summed E-state index contributed by atoms with van der Waals surface area (Å²) in [5.74, 6) is 0. The van der Waals surface area contributed by atoms with Gasteiger partial charge >= 0.3 is 6.03 Å². The van der Waals surface area contributed by atoms with Crippen LogP contribution in [-0.2, 0) is 17.7 Å². The van der Waals surface area contributed by atoms with E-state index < -0.39 is 0 Å². The quantitative estimate of drug-likeness (QED) is 0.696. The molecule has 0 atom stereocenters. The van der Waals surface area contributed by atoms with Crippen molar-refractivity contribution in [2.75, 3.05) is 25.6 Å². The Morgan fingerprint density at radius 3 is 2.84 bits per heavy atom. The number of aromatic nitrogens is 2. The highest BCUT2D eigenvalue weighted by Gasteiger charge is 2.09. The molecule has 0 spiro atoms. The largest absolute Gasteiger partial charge is 0.383 e. The first-order chi connectivity index (χ1) is 12.3. The van der Waals surface area contributed by atoms with E-state index in [2.05, 4.69) is 32.4 Å². The lowest BCUT2D eigenvalue weighted by molar-refractivity contribution is 0.188. The predicted octanol–water partition coefficient (Wildman–Crippen LogP) is 3.05. The standard InChI is InChI=1S/C19H22N4O2/c1-25-13-12-23-14-15(17-8-5-10-20-18(17)23)9-11-21-19(24)22-16-6-3-2-4-7-16/h2-8,10,14H,9,11-13H2,1H3,(H2,21,22,24). The van der Waals surface area contributed by atoms with E-state index in [0.29, 0.717) is 13.2 Å². The van der Waals surface area contributed by atoms with Gasteiger partial charge in [-0.3, -0.25) is 0 Å². The molecule has 0 aliphatic heterocycles. The van der Waals surface area contributed by atoms with E-state index in [9.17, 15) is 4.79 Å². The fourth-order valence-electron chi connectivity index (χ4n) is 2.76. The first-order valence-corrected chi connectivity index (χ1v) is 8.29. The number of carbonyl (C=O) groups is 1. The Bertz CT molecular complexity index is 830. The van der Waals surface area contributed by atoms with E-state index in [-0.39, 0.29) is 6.03 Å². The molecule has 3 aromatic rings. The number of hydrogen-bond acceptors (Lipinski definition) is 3. The molecule has 0 unspecified atom stereocenters. The summed E-state index contributed by atoms with van der Waals surface area (Å²) in [5, 5.41) is 6.82. The molecule has 25 heavy (non-hydrogen) atoms. The van der Waals surface area contributed by atoms with Gasteiger partial charge in [-0.1, -0.05) is 18.2 Å². The van der Waals surface area contributed by atoms with E-state index in [0.717, 1.165) is 29.7 Å². The summed E-state index contributed by atoms with van der Waals surface area (Å²) in [7, 11) is 1.69. The molecule has 3 rings (SSSR count). The first-order valence-electron chi connectivity index (χ1n) is 8.29. The summed E-state index contributed by atoms with van der Waals surface area (Å²) < 4.78 is 7.25. The van der Waals surface area contributed by atoms with Gasteiger partial charge in [0, 0.05) is 43.7 Å². The van der Waals surface area contributed by atoms with Crippen LogP contribution in [0.4, 0.5) is 10.5 Å². The number of para-hydroxylation sites is 1. The van der Waals surface area contributed by atoms with Gasteiger partial charge in [0.25, 0.3) is 0 Å². The number of nitrogens with one attached hydrogen (secondary N) is 2. The normalized spacial score (nSPS) is 10.8. The zero-order valence-electron chi connectivity index (χ0n) is 14.2. The minimum absolute atomic E-state index is 0.201. The zero-order chi connectivity index (χ0) is 17.5. The third kappa shape index (κ3) is 4.36. The zero-order valence-corrected chi connectivity index (χ0v) is 14.2. The third-order valence-corrected chi connectivity index (χ3v) is 3.96. The summed E-state index contributed by atoms with van der Waals surface area (Å²) in [6.45, 7) is 1.94. The molecule has 0 aliphatic rings. The second-order valence-electron chi connectivity index (χ2n) is 5.71. The maximum Gasteiger partial charge on any atom is 0.319 e. The van der Waals surface area contributed by atoms with Crippen molar-refractivity contribution in [1.29, 1.82) is 0 Å². The second-order valence-corrected chi connectivity index (χ2v) is 5.71. The smallest absolute Gasteiger partial charge is 0.319 e. The molecule has 0 bridgehead atoms. The van der Waals surface area contributed by atoms with Crippen LogP contribution in [-0.4, -0.2) is 35.8 Å². The van der Waals surface area contributed by atoms with Crippen molar-refractivity contribution in [1.82, 2.24) is 14.9 Å². The highest BCUT2D eigenvalue weighted by molar-refractivity contribution is 5.89. The van der Waals surface area contributed by atoms with Crippen molar-refractivity contribution in [2.24, 2.45) is 0 Å². The number of ether oxygens (including phenoxy) is 1. The Labute approximate surface area is 146 Å². The lowest BCUT2D eigenvalue weighted by Crippen LogP contribution is -2.30. The van der Waals surface area contributed by atoms with Crippen LogP contribution < -0.4 is 10.6 Å². The van der Waals surface area contributed by atoms with E-state index in [1.165, 1.54) is 5.56 Å². The summed E-state index contributed by atoms with van der Waals surface area (Å²) >= 11 is 0. The van der Waals surface area contributed by atoms with Crippen LogP contribution in [0.15, 0.2) is 54.9 Å². The van der Waals surface area contributed by atoms with Gasteiger partial charge in [0.2, 0.25) is 0 Å². The summed E-state index contributed by atoms with van der Waals surface area (Å²) in [6, 6.07) is 13.2. The molecule has 0 fully saturated rings. The van der Waals surface area contributed by atoms with Gasteiger partial charge in [0.05, 0.1) is 6.61 Å². The number of amides is 2. The number of rotatable bonds is 7. The summed E-state index contributed by atoms with van der Waals surface area (Å²) in [6.07, 6.45) is 4.62. The fraction of sp³-hybridized carbons (Fsp3) is 0.263. The molecule has 0 saturated carbocycles. The van der Waals surface area contributed by atoms with Gasteiger partial charge in [0.1, 0.15) is 5.65 Å². The second kappa shape index (κ2) is 8.30. The van der Waals surface area contributed by atoms with E-state index in [4.69, 9.17) is 4.74 Å². The first kappa shape index (κ1) is 17.0. The molecule has 0 saturated heterocycles. The lowest BCUT2D eigenvalue weighted by atomic mass is 10.1. The van der Waals surface area contributed by atoms with E-state index in [1.54, 1.807) is 13.3 Å². The number of fused-ring (bicyclic) bond motifs is 1. The number of anilines is 1. The van der Waals surface area contributed by atoms with Gasteiger partial charge in [-0.05, 0) is 36.2 Å². The predicted molar refractivity (Wildman–Crippen MR) is 98.8 cm³/mol. The number of benzene rings is 1. The monoisotopic (exact) mass is 338 g/mol. The van der Waals surface area contributed by atoms with Gasteiger partial charge < -0.3 is 19.9 Å². The van der Waals surface area contributed by atoms with E-state index >= 15 is 0 Å². The third-order valence-electron chi connectivity index (χ3n) is 3.96. The van der Waals surface area contributed by atoms with Crippen molar-refractivity contribution in [3.63, 3.8) is 0 Å². The van der Waals surface area contributed by atoms with Crippen LogP contribution in [0.25, 0.3) is 11.0 Å². The Morgan fingerprint density at radius 2 is 2.04 bits per heavy atom. The van der Waals surface area contributed by atoms with Crippen LogP contribution in [0.5, 0.6) is 0 Å². The van der Waals surface area contributed by atoms with Gasteiger partial charge in [-0.2, -0.15) is 0 Å². The van der Waals surface area contributed by atoms with Crippen molar-refractivity contribution >= 4 is 22.8 Å². The molecule has 6 nitrogen and oxygen atoms in total. The Kier molecular flexibility index (Phi) is 5.64. The molecular formula is C19H22N4O2. The molecule has 1 aromatic carbocycles. The van der Waals surface area contributed by atoms with Gasteiger partial charge in [-0.15, -0.1) is 0 Å². The van der Waals surface area contributed by atoms with Gasteiger partial charge in [-0.25, -0.2) is 9.78 Å². The minimum Gasteiger partial charge on any atom is -0.383 e. The number of nitrogens with zero attached hydrogens (tertiary/aromatic N) is 2. The number of methoxy groups -OCH3 is 1. The van der Waals surface area contributed by atoms with Crippen LogP contribution in [0.1, 0.15) is 5.56 Å². The average Bonchev–Trinajstić information content (AvgIpc) is 2.99. The maximum atomic E-state index is 12.0. The summed E-state index contributed by atoms with van der Waals surface area (Å²) in [4.78, 5) is 16.4. The maximum absolute atomic E-state index is 12.0. The van der Waals surface area contributed by atoms with Crippen LogP contribution in [0.3, 0.4) is 0 Å². The van der Waals surface area contributed by atoms with Crippen molar-refractivity contribution in [2.45, 2.75) is 13.0 Å². The van der Waals surface area contributed by atoms with Crippen LogP contribution in [0.2, 0.25) is 0 Å². The number of hydrogen-bond donors (Lipinski definition) is 2. The van der Waals surface area contributed by atoms with E-state index in [1.807, 2.05) is 36.4 Å². The number of carbonyl (C=O) groups excluding carboxylic acids is 1. The van der Waals surface area contributed by atoms with Crippen LogP contribution in [0, 0.1) is 0 Å². The molecule has 2 N–H and O–H groups in total. The molecule has 2 aromatic heterocycles. The average molecular weight is 338 g/mol. The Balaban J connectivity index is 1.60. The Hall–Kier alpha value is -2.86. The fourth-order valence-corrected chi connectivity index (χ4v) is 2.76. The molecule has 2 amide bonds.